The van der Waals surface area contributed by atoms with E-state index in [0.29, 0.717) is 6.04 Å². The molecule has 3 heteroatoms. The summed E-state index contributed by atoms with van der Waals surface area (Å²) in [5, 5.41) is 3.27. The van der Waals surface area contributed by atoms with Gasteiger partial charge < -0.3 is 16.0 Å². The SMILES string of the molecule is CN1CCNCC1.NC1CCCCC1. The van der Waals surface area contributed by atoms with E-state index in [9.17, 15) is 0 Å². The molecular formula is C11H25N3. The lowest BCUT2D eigenvalue weighted by molar-refractivity contribution is 0.291. The average molecular weight is 199 g/mol. The molecule has 0 aromatic heterocycles. The van der Waals surface area contributed by atoms with Crippen LogP contribution in [0.4, 0.5) is 0 Å². The van der Waals surface area contributed by atoms with Gasteiger partial charge >= 0.3 is 0 Å². The molecule has 1 heterocycles. The summed E-state index contributed by atoms with van der Waals surface area (Å²) in [6.45, 7) is 4.74. The smallest absolute Gasteiger partial charge is 0.0104 e. The molecule has 3 N–H and O–H groups in total. The average Bonchev–Trinajstić information content (AvgIpc) is 2.21. The zero-order valence-electron chi connectivity index (χ0n) is 9.47. The van der Waals surface area contributed by atoms with E-state index < -0.39 is 0 Å². The third kappa shape index (κ3) is 5.58. The summed E-state index contributed by atoms with van der Waals surface area (Å²) in [5.41, 5.74) is 5.63. The molecule has 0 bridgehead atoms. The van der Waals surface area contributed by atoms with Crippen molar-refractivity contribution in [3.63, 3.8) is 0 Å². The third-order valence-corrected chi connectivity index (χ3v) is 2.99. The van der Waals surface area contributed by atoms with Crippen LogP contribution in [0.5, 0.6) is 0 Å². The van der Waals surface area contributed by atoms with Crippen LogP contribution >= 0.6 is 0 Å². The van der Waals surface area contributed by atoms with Crippen molar-refractivity contribution in [1.82, 2.24) is 10.2 Å². The number of piperazine rings is 1. The lowest BCUT2D eigenvalue weighted by Crippen LogP contribution is -2.40. The van der Waals surface area contributed by atoms with Crippen molar-refractivity contribution in [2.75, 3.05) is 33.2 Å². The van der Waals surface area contributed by atoms with Gasteiger partial charge in [-0.1, -0.05) is 19.3 Å². The molecule has 84 valence electrons. The van der Waals surface area contributed by atoms with Gasteiger partial charge in [0.1, 0.15) is 0 Å². The van der Waals surface area contributed by atoms with Gasteiger partial charge in [-0.15, -0.1) is 0 Å². The van der Waals surface area contributed by atoms with Gasteiger partial charge in [-0.25, -0.2) is 0 Å². The highest BCUT2D eigenvalue weighted by atomic mass is 15.2. The third-order valence-electron chi connectivity index (χ3n) is 2.99. The Kier molecular flexibility index (Phi) is 6.15. The summed E-state index contributed by atoms with van der Waals surface area (Å²) < 4.78 is 0. The largest absolute Gasteiger partial charge is 0.328 e. The number of rotatable bonds is 0. The molecule has 1 saturated carbocycles. The monoisotopic (exact) mass is 199 g/mol. The number of nitrogens with one attached hydrogen (secondary N) is 1. The Morgan fingerprint density at radius 3 is 1.93 bits per heavy atom. The summed E-state index contributed by atoms with van der Waals surface area (Å²) in [4.78, 5) is 2.33. The van der Waals surface area contributed by atoms with Gasteiger partial charge in [0, 0.05) is 32.2 Å². The van der Waals surface area contributed by atoms with Crippen LogP contribution in [-0.2, 0) is 0 Å². The Hall–Kier alpha value is -0.120. The molecule has 2 aliphatic rings. The fourth-order valence-corrected chi connectivity index (χ4v) is 1.91. The summed E-state index contributed by atoms with van der Waals surface area (Å²) in [6.07, 6.45) is 6.66. The molecular weight excluding hydrogens is 174 g/mol. The maximum atomic E-state index is 5.63. The van der Waals surface area contributed by atoms with E-state index in [1.54, 1.807) is 0 Å². The van der Waals surface area contributed by atoms with Crippen LogP contribution in [0.25, 0.3) is 0 Å². The van der Waals surface area contributed by atoms with E-state index >= 15 is 0 Å². The summed E-state index contributed by atoms with van der Waals surface area (Å²) in [7, 11) is 2.15. The normalized spacial score (nSPS) is 25.3. The van der Waals surface area contributed by atoms with Crippen LogP contribution in [0.15, 0.2) is 0 Å². The first kappa shape index (κ1) is 12.0. The predicted molar refractivity (Wildman–Crippen MR) is 61.4 cm³/mol. The van der Waals surface area contributed by atoms with Crippen molar-refractivity contribution >= 4 is 0 Å². The lowest BCUT2D eigenvalue weighted by Gasteiger charge is -2.21. The van der Waals surface area contributed by atoms with Crippen LogP contribution in [0.2, 0.25) is 0 Å². The molecule has 0 radical (unpaired) electrons. The van der Waals surface area contributed by atoms with Crippen LogP contribution in [0, 0.1) is 0 Å². The van der Waals surface area contributed by atoms with Gasteiger partial charge in [-0.2, -0.15) is 0 Å². The number of likely N-dealkylation sites (N-methyl/N-ethyl adjacent to an activating group) is 1. The van der Waals surface area contributed by atoms with E-state index in [4.69, 9.17) is 5.73 Å². The molecule has 1 aliphatic heterocycles. The van der Waals surface area contributed by atoms with Crippen LogP contribution in [0.3, 0.4) is 0 Å². The second kappa shape index (κ2) is 7.21. The zero-order chi connectivity index (χ0) is 10.2. The highest BCUT2D eigenvalue weighted by Crippen LogP contribution is 2.14. The fraction of sp³-hybridized carbons (Fsp3) is 1.00. The topological polar surface area (TPSA) is 41.3 Å². The molecule has 0 amide bonds. The van der Waals surface area contributed by atoms with Gasteiger partial charge in [-0.3, -0.25) is 0 Å². The zero-order valence-corrected chi connectivity index (χ0v) is 9.47. The molecule has 3 nitrogen and oxygen atoms in total. The molecule has 0 aromatic rings. The molecule has 2 fully saturated rings. The molecule has 0 unspecified atom stereocenters. The Morgan fingerprint density at radius 1 is 1.07 bits per heavy atom. The first-order valence-corrected chi connectivity index (χ1v) is 5.94. The Morgan fingerprint density at radius 2 is 1.64 bits per heavy atom. The summed E-state index contributed by atoms with van der Waals surface area (Å²) in [6, 6.07) is 0.536. The first-order valence-electron chi connectivity index (χ1n) is 5.94. The lowest BCUT2D eigenvalue weighted by atomic mass is 9.97. The minimum absolute atomic E-state index is 0.536. The van der Waals surface area contributed by atoms with Gasteiger partial charge in [0.05, 0.1) is 0 Å². The number of nitrogens with zero attached hydrogens (tertiary/aromatic N) is 1. The highest BCUT2D eigenvalue weighted by Gasteiger charge is 2.06. The highest BCUT2D eigenvalue weighted by molar-refractivity contribution is 4.66. The quantitative estimate of drug-likeness (QED) is 0.606. The van der Waals surface area contributed by atoms with Crippen LogP contribution in [0.1, 0.15) is 32.1 Å². The van der Waals surface area contributed by atoms with Crippen molar-refractivity contribution in [3.8, 4) is 0 Å². The fourth-order valence-electron chi connectivity index (χ4n) is 1.91. The van der Waals surface area contributed by atoms with Gasteiger partial charge in [0.15, 0.2) is 0 Å². The molecule has 14 heavy (non-hydrogen) atoms. The first-order chi connectivity index (χ1) is 6.79. The second-order valence-electron chi connectivity index (χ2n) is 4.45. The van der Waals surface area contributed by atoms with E-state index in [1.807, 2.05) is 0 Å². The Balaban J connectivity index is 0.000000140. The van der Waals surface area contributed by atoms with E-state index in [-0.39, 0.29) is 0 Å². The molecule has 0 atom stereocenters. The van der Waals surface area contributed by atoms with Crippen molar-refractivity contribution in [3.05, 3.63) is 0 Å². The Bertz CT molecular complexity index is 110. The van der Waals surface area contributed by atoms with Crippen molar-refractivity contribution in [2.45, 2.75) is 38.1 Å². The summed E-state index contributed by atoms with van der Waals surface area (Å²) in [5.74, 6) is 0. The maximum Gasteiger partial charge on any atom is 0.0104 e. The number of hydrogen-bond donors (Lipinski definition) is 2. The van der Waals surface area contributed by atoms with Crippen molar-refractivity contribution < 1.29 is 0 Å². The maximum absolute atomic E-state index is 5.63. The molecule has 0 spiro atoms. The van der Waals surface area contributed by atoms with Crippen LogP contribution in [-0.4, -0.2) is 44.2 Å². The van der Waals surface area contributed by atoms with Gasteiger partial charge in [-0.05, 0) is 19.9 Å². The summed E-state index contributed by atoms with van der Waals surface area (Å²) >= 11 is 0. The standard InChI is InChI=1S/C6H13N.C5H12N2/c7-6-4-2-1-3-5-6;1-7-4-2-6-3-5-7/h6H,1-5,7H2;6H,2-5H2,1H3. The van der Waals surface area contributed by atoms with E-state index in [2.05, 4.69) is 17.3 Å². The van der Waals surface area contributed by atoms with Gasteiger partial charge in [0.25, 0.3) is 0 Å². The van der Waals surface area contributed by atoms with E-state index in [0.717, 1.165) is 13.1 Å². The van der Waals surface area contributed by atoms with Crippen molar-refractivity contribution in [1.29, 1.82) is 0 Å². The molecule has 2 rings (SSSR count). The van der Waals surface area contributed by atoms with Crippen molar-refractivity contribution in [2.24, 2.45) is 5.73 Å². The molecule has 1 aliphatic carbocycles. The Labute approximate surface area is 88.0 Å². The van der Waals surface area contributed by atoms with E-state index in [1.165, 1.54) is 45.2 Å². The minimum Gasteiger partial charge on any atom is -0.328 e. The van der Waals surface area contributed by atoms with Crippen LogP contribution < -0.4 is 11.1 Å². The van der Waals surface area contributed by atoms with Gasteiger partial charge in [0.2, 0.25) is 0 Å². The number of nitrogens with two attached hydrogens (primary N) is 1. The number of hydrogen-bond acceptors (Lipinski definition) is 3. The minimum atomic E-state index is 0.536. The second-order valence-corrected chi connectivity index (χ2v) is 4.45. The predicted octanol–water partition coefficient (Wildman–Crippen LogP) is 0.799. The molecule has 0 aromatic carbocycles. The molecule has 1 saturated heterocycles.